The summed E-state index contributed by atoms with van der Waals surface area (Å²) in [6, 6.07) is 4.21. The fraction of sp³-hybridized carbons (Fsp3) is 0.630. The molecule has 1 aliphatic rings. The average molecular weight is 566 g/mol. The molecule has 3 rings (SSSR count). The number of ether oxygens (including phenoxy) is 2. The summed E-state index contributed by atoms with van der Waals surface area (Å²) in [6.45, 7) is 7.22. The lowest BCUT2D eigenvalue weighted by Crippen LogP contribution is -2.47. The monoisotopic (exact) mass is 565 g/mol. The number of aliphatic hydroxyl groups excluding tert-OH is 1. The Morgan fingerprint density at radius 1 is 1.26 bits per heavy atom. The number of aliphatic hydroxyl groups is 1. The molecule has 4 atom stereocenters. The van der Waals surface area contributed by atoms with E-state index in [2.05, 4.69) is 14.6 Å². The number of benzene rings is 1. The first kappa shape index (κ1) is 30.9. The lowest BCUT2D eigenvalue weighted by molar-refractivity contribution is -0.0137. The van der Waals surface area contributed by atoms with Crippen LogP contribution in [-0.2, 0) is 21.8 Å². The van der Waals surface area contributed by atoms with Gasteiger partial charge in [-0.15, -0.1) is 0 Å². The Kier molecular flexibility index (Phi) is 10.8. The highest BCUT2D eigenvalue weighted by Crippen LogP contribution is 2.29. The molecule has 0 fully saturated rings. The van der Waals surface area contributed by atoms with Crippen molar-refractivity contribution in [3.05, 3.63) is 36.3 Å². The number of imidazole rings is 1. The van der Waals surface area contributed by atoms with Crippen LogP contribution in [0.15, 0.2) is 35.7 Å². The third-order valence-electron chi connectivity index (χ3n) is 6.81. The first-order valence-corrected chi connectivity index (χ1v) is 14.9. The molecule has 0 radical (unpaired) electrons. The number of nitrogens with one attached hydrogen (secondary N) is 1. The molecule has 12 heteroatoms. The van der Waals surface area contributed by atoms with Gasteiger partial charge in [-0.3, -0.25) is 9.52 Å². The standard InChI is InChI=1S/C27H43N5O6S/c1-19-14-32(20(2)17-33)27(34)23-13-22(29-39(35,36)26-16-31(6)18-28-26)10-11-24(23)38-21(3)9-7-8-12-37-25(19)15-30(4)5/h10-11,13,16,18-21,25,29,33H,7-9,12,14-15,17H2,1-6H3/t19-,20+,21-,25+/m0/s1. The van der Waals surface area contributed by atoms with E-state index in [0.29, 0.717) is 25.4 Å². The number of aryl methyl sites for hydroxylation is 1. The zero-order valence-corrected chi connectivity index (χ0v) is 24.6. The highest BCUT2D eigenvalue weighted by Gasteiger charge is 2.30. The van der Waals surface area contributed by atoms with Crippen molar-refractivity contribution < 1.29 is 27.8 Å². The second-order valence-electron chi connectivity index (χ2n) is 10.8. The van der Waals surface area contributed by atoms with Crippen LogP contribution in [0.3, 0.4) is 0 Å². The number of fused-ring (bicyclic) bond motifs is 1. The molecule has 0 spiro atoms. The number of hydrogen-bond acceptors (Lipinski definition) is 8. The van der Waals surface area contributed by atoms with Crippen LogP contribution < -0.4 is 9.46 Å². The number of likely N-dealkylation sites (N-methyl/N-ethyl adjacent to an activating group) is 1. The summed E-state index contributed by atoms with van der Waals surface area (Å²) < 4.78 is 42.4. The van der Waals surface area contributed by atoms with Gasteiger partial charge in [-0.2, -0.15) is 8.42 Å². The molecule has 1 amide bonds. The summed E-state index contributed by atoms with van der Waals surface area (Å²) in [5.74, 6) is -0.0122. The maximum atomic E-state index is 14.1. The number of anilines is 1. The minimum absolute atomic E-state index is 0.0255. The Labute approximate surface area is 232 Å². The van der Waals surface area contributed by atoms with E-state index in [0.717, 1.165) is 19.3 Å². The Bertz CT molecular complexity index is 1200. The summed E-state index contributed by atoms with van der Waals surface area (Å²) in [5, 5.41) is 9.91. The SMILES string of the molecule is C[C@H](CO)N1C[C@H](C)[C@@H](CN(C)C)OCCCC[C@H](C)Oc2ccc(NS(=O)(=O)c3cn(C)cn3)cc2C1=O. The predicted molar refractivity (Wildman–Crippen MR) is 149 cm³/mol. The van der Waals surface area contributed by atoms with Crippen LogP contribution in [0.2, 0.25) is 0 Å². The topological polar surface area (TPSA) is 126 Å². The van der Waals surface area contributed by atoms with Gasteiger partial charge >= 0.3 is 0 Å². The third-order valence-corrected chi connectivity index (χ3v) is 8.07. The van der Waals surface area contributed by atoms with Gasteiger partial charge in [0.2, 0.25) is 0 Å². The van der Waals surface area contributed by atoms with Crippen LogP contribution in [0.1, 0.15) is 50.4 Å². The largest absolute Gasteiger partial charge is 0.490 e. The molecular weight excluding hydrogens is 522 g/mol. The molecule has 0 bridgehead atoms. The Morgan fingerprint density at radius 2 is 2.00 bits per heavy atom. The van der Waals surface area contributed by atoms with Crippen molar-refractivity contribution in [1.82, 2.24) is 19.4 Å². The summed E-state index contributed by atoms with van der Waals surface area (Å²) in [7, 11) is 1.69. The number of sulfonamides is 1. The van der Waals surface area contributed by atoms with E-state index in [9.17, 15) is 18.3 Å². The van der Waals surface area contributed by atoms with Gasteiger partial charge in [-0.25, -0.2) is 4.98 Å². The molecule has 39 heavy (non-hydrogen) atoms. The molecule has 0 unspecified atom stereocenters. The number of amides is 1. The zero-order chi connectivity index (χ0) is 28.7. The molecule has 11 nitrogen and oxygen atoms in total. The van der Waals surface area contributed by atoms with Crippen LogP contribution in [0.25, 0.3) is 0 Å². The zero-order valence-electron chi connectivity index (χ0n) is 23.8. The van der Waals surface area contributed by atoms with Crippen molar-refractivity contribution >= 4 is 21.6 Å². The van der Waals surface area contributed by atoms with Crippen LogP contribution in [0.4, 0.5) is 5.69 Å². The molecule has 1 aromatic carbocycles. The number of rotatable bonds is 7. The Hall–Kier alpha value is -2.67. The molecule has 0 saturated carbocycles. The van der Waals surface area contributed by atoms with Gasteiger partial charge in [0.15, 0.2) is 5.03 Å². The lowest BCUT2D eigenvalue weighted by Gasteiger charge is -2.35. The smallest absolute Gasteiger partial charge is 0.280 e. The second-order valence-corrected chi connectivity index (χ2v) is 12.4. The minimum Gasteiger partial charge on any atom is -0.490 e. The maximum Gasteiger partial charge on any atom is 0.280 e. The van der Waals surface area contributed by atoms with E-state index < -0.39 is 16.1 Å². The quantitative estimate of drug-likeness (QED) is 0.525. The minimum atomic E-state index is -3.97. The molecule has 0 aliphatic carbocycles. The van der Waals surface area contributed by atoms with Crippen molar-refractivity contribution in [3.63, 3.8) is 0 Å². The lowest BCUT2D eigenvalue weighted by atomic mass is 10.0. The van der Waals surface area contributed by atoms with Gasteiger partial charge in [0, 0.05) is 44.5 Å². The summed E-state index contributed by atoms with van der Waals surface area (Å²) in [5.41, 5.74) is 0.432. The molecule has 0 saturated heterocycles. The van der Waals surface area contributed by atoms with Crippen LogP contribution in [-0.4, -0.2) is 97.4 Å². The Morgan fingerprint density at radius 3 is 2.64 bits per heavy atom. The fourth-order valence-electron chi connectivity index (χ4n) is 4.54. The number of nitrogens with zero attached hydrogens (tertiary/aromatic N) is 4. The van der Waals surface area contributed by atoms with Gasteiger partial charge in [-0.05, 0) is 65.4 Å². The number of carbonyl (C=O) groups is 1. The van der Waals surface area contributed by atoms with E-state index in [1.54, 1.807) is 35.6 Å². The number of hydrogen-bond donors (Lipinski definition) is 2. The summed E-state index contributed by atoms with van der Waals surface area (Å²) in [4.78, 5) is 21.7. The molecule has 2 heterocycles. The van der Waals surface area contributed by atoms with Gasteiger partial charge < -0.3 is 28.9 Å². The normalized spacial score (nSPS) is 22.6. The second kappa shape index (κ2) is 13.6. The molecular formula is C27H43N5O6S. The highest BCUT2D eigenvalue weighted by molar-refractivity contribution is 7.92. The number of aromatic nitrogens is 2. The van der Waals surface area contributed by atoms with Crippen molar-refractivity contribution in [1.29, 1.82) is 0 Å². The Balaban J connectivity index is 2.02. The van der Waals surface area contributed by atoms with E-state index in [4.69, 9.17) is 9.47 Å². The van der Waals surface area contributed by atoms with Crippen LogP contribution in [0, 0.1) is 5.92 Å². The summed E-state index contributed by atoms with van der Waals surface area (Å²) >= 11 is 0. The van der Waals surface area contributed by atoms with E-state index >= 15 is 0 Å². The maximum absolute atomic E-state index is 14.1. The van der Waals surface area contributed by atoms with Crippen molar-refractivity contribution in [2.45, 2.75) is 63.3 Å². The van der Waals surface area contributed by atoms with Gasteiger partial charge in [0.05, 0.1) is 36.7 Å². The van der Waals surface area contributed by atoms with Crippen molar-refractivity contribution in [2.75, 3.05) is 45.1 Å². The molecule has 218 valence electrons. The van der Waals surface area contributed by atoms with E-state index in [-0.39, 0.29) is 46.9 Å². The summed E-state index contributed by atoms with van der Waals surface area (Å²) in [6.07, 6.45) is 5.10. The first-order valence-electron chi connectivity index (χ1n) is 13.4. The van der Waals surface area contributed by atoms with Crippen molar-refractivity contribution in [3.8, 4) is 5.75 Å². The average Bonchev–Trinajstić information content (AvgIpc) is 3.32. The third kappa shape index (κ3) is 8.41. The van der Waals surface area contributed by atoms with E-state index in [1.807, 2.05) is 27.9 Å². The molecule has 2 N–H and O–H groups in total. The molecule has 1 aliphatic heterocycles. The highest BCUT2D eigenvalue weighted by atomic mass is 32.2. The molecule has 2 aromatic rings. The van der Waals surface area contributed by atoms with Gasteiger partial charge in [0.1, 0.15) is 5.75 Å². The fourth-order valence-corrected chi connectivity index (χ4v) is 5.58. The first-order chi connectivity index (χ1) is 18.4. The van der Waals surface area contributed by atoms with Gasteiger partial charge in [0.25, 0.3) is 15.9 Å². The van der Waals surface area contributed by atoms with E-state index in [1.165, 1.54) is 18.6 Å². The van der Waals surface area contributed by atoms with Crippen LogP contribution >= 0.6 is 0 Å². The number of carbonyl (C=O) groups excluding carboxylic acids is 1. The predicted octanol–water partition coefficient (Wildman–Crippen LogP) is 2.58. The molecule has 1 aromatic heterocycles. The van der Waals surface area contributed by atoms with Crippen LogP contribution in [0.5, 0.6) is 5.75 Å². The van der Waals surface area contributed by atoms with Gasteiger partial charge in [-0.1, -0.05) is 6.92 Å². The van der Waals surface area contributed by atoms with Crippen molar-refractivity contribution in [2.24, 2.45) is 13.0 Å².